The highest BCUT2D eigenvalue weighted by Gasteiger charge is 1.92. The van der Waals surface area contributed by atoms with E-state index in [0.29, 0.717) is 0 Å². The molecule has 0 bridgehead atoms. The van der Waals surface area contributed by atoms with Gasteiger partial charge in [-0.25, -0.2) is 0 Å². The van der Waals surface area contributed by atoms with Crippen LogP contribution in [0, 0.1) is 16.8 Å². The predicted octanol–water partition coefficient (Wildman–Crippen LogP) is 1.46. The van der Waals surface area contributed by atoms with E-state index in [-0.39, 0.29) is 0 Å². The van der Waals surface area contributed by atoms with Crippen LogP contribution in [0.5, 0.6) is 0 Å². The van der Waals surface area contributed by atoms with Crippen molar-refractivity contribution in [3.05, 3.63) is 17.5 Å². The molecule has 0 atom stereocenters. The molecule has 0 aliphatic rings. The van der Waals surface area contributed by atoms with Crippen LogP contribution in [0.2, 0.25) is 0 Å². The van der Waals surface area contributed by atoms with Crippen LogP contribution in [-0.4, -0.2) is 10.2 Å². The number of aromatic nitrogens is 2. The van der Waals surface area contributed by atoms with Crippen LogP contribution in [0.15, 0.2) is 6.20 Å². The molecule has 0 spiro atoms. The van der Waals surface area contributed by atoms with E-state index in [1.54, 1.807) is 6.20 Å². The molecule has 0 amide bonds. The molecule has 1 heterocycles. The Labute approximate surface area is 67.2 Å². The number of rotatable bonds is 0. The van der Waals surface area contributed by atoms with E-state index >= 15 is 0 Å². The van der Waals surface area contributed by atoms with Gasteiger partial charge in [0.15, 0.2) is 0 Å². The summed E-state index contributed by atoms with van der Waals surface area (Å²) >= 11 is 2.00. The Hall–Kier alpha value is -0.500. The number of hydrogen-bond donors (Lipinski definition) is 1. The summed E-state index contributed by atoms with van der Waals surface area (Å²) in [5.74, 6) is 2.90. The second-order valence-electron chi connectivity index (χ2n) is 1.63. The molecule has 1 N–H and O–H groups in total. The Kier molecular flexibility index (Phi) is 2.11. The molecule has 0 aliphatic carbocycles. The second-order valence-corrected chi connectivity index (χ2v) is 2.17. The third kappa shape index (κ3) is 1.45. The Morgan fingerprint density at radius 1 is 1.78 bits per heavy atom. The quantitative estimate of drug-likeness (QED) is 0.532. The fourth-order valence-corrected chi connectivity index (χ4v) is 0.818. The maximum absolute atomic E-state index is 3.81. The normalized spacial score (nSPS) is 8.22. The third-order valence-electron chi connectivity index (χ3n) is 1.01. The maximum atomic E-state index is 3.81. The van der Waals surface area contributed by atoms with Gasteiger partial charge in [0.05, 0.1) is 11.8 Å². The fraction of sp³-hybridized carbons (Fsp3) is 0.167. The first kappa shape index (κ1) is 6.62. The van der Waals surface area contributed by atoms with Crippen LogP contribution in [0.4, 0.5) is 0 Å². The van der Waals surface area contributed by atoms with Crippen LogP contribution in [0.3, 0.4) is 0 Å². The lowest BCUT2D eigenvalue weighted by atomic mass is 10.3. The average Bonchev–Trinajstić information content (AvgIpc) is 2.18. The molecule has 0 aromatic carbocycles. The van der Waals surface area contributed by atoms with Crippen molar-refractivity contribution >= 4 is 22.6 Å². The van der Waals surface area contributed by atoms with Crippen molar-refractivity contribution in [2.24, 2.45) is 0 Å². The van der Waals surface area contributed by atoms with Crippen molar-refractivity contribution < 1.29 is 0 Å². The molecule has 0 radical (unpaired) electrons. The highest BCUT2D eigenvalue weighted by atomic mass is 127. The zero-order valence-corrected chi connectivity index (χ0v) is 7.06. The van der Waals surface area contributed by atoms with Crippen LogP contribution >= 0.6 is 22.6 Å². The summed E-state index contributed by atoms with van der Waals surface area (Å²) in [5.41, 5.74) is 2.00. The first-order valence-electron chi connectivity index (χ1n) is 2.46. The van der Waals surface area contributed by atoms with Crippen molar-refractivity contribution in [3.8, 4) is 9.85 Å². The average molecular weight is 232 g/mol. The molecule has 0 unspecified atom stereocenters. The first-order chi connectivity index (χ1) is 4.34. The van der Waals surface area contributed by atoms with Crippen molar-refractivity contribution in [1.82, 2.24) is 10.2 Å². The minimum atomic E-state index is 0.976. The van der Waals surface area contributed by atoms with E-state index in [1.165, 1.54) is 0 Å². The van der Waals surface area contributed by atoms with Gasteiger partial charge in [-0.05, 0) is 10.9 Å². The van der Waals surface area contributed by atoms with Crippen LogP contribution in [-0.2, 0) is 0 Å². The third-order valence-corrected chi connectivity index (χ3v) is 1.28. The van der Waals surface area contributed by atoms with E-state index in [0.717, 1.165) is 11.3 Å². The Balaban J connectivity index is 3.03. The Bertz CT molecular complexity index is 254. The number of hydrogen-bond acceptors (Lipinski definition) is 1. The molecule has 3 heteroatoms. The minimum Gasteiger partial charge on any atom is -0.282 e. The van der Waals surface area contributed by atoms with E-state index < -0.39 is 0 Å². The maximum Gasteiger partial charge on any atom is 0.0660 e. The Morgan fingerprint density at radius 3 is 3.00 bits per heavy atom. The van der Waals surface area contributed by atoms with E-state index in [9.17, 15) is 0 Å². The highest BCUT2D eigenvalue weighted by Crippen LogP contribution is 1.98. The number of aromatic amines is 1. The molecular formula is C6H5IN2. The zero-order valence-electron chi connectivity index (χ0n) is 4.90. The first-order valence-corrected chi connectivity index (χ1v) is 3.54. The molecule has 46 valence electrons. The van der Waals surface area contributed by atoms with Gasteiger partial charge < -0.3 is 0 Å². The fourth-order valence-electron chi connectivity index (χ4n) is 0.528. The number of nitrogens with zero attached hydrogens (tertiary/aromatic N) is 1. The lowest BCUT2D eigenvalue weighted by Gasteiger charge is -1.79. The summed E-state index contributed by atoms with van der Waals surface area (Å²) in [5, 5.41) is 6.61. The topological polar surface area (TPSA) is 28.7 Å². The van der Waals surface area contributed by atoms with Gasteiger partial charge >= 0.3 is 0 Å². The van der Waals surface area contributed by atoms with Gasteiger partial charge in [-0.3, -0.25) is 5.10 Å². The SMILES string of the molecule is Cc1[nH]ncc1C#CI. The highest BCUT2D eigenvalue weighted by molar-refractivity contribution is 14.1. The van der Waals surface area contributed by atoms with Gasteiger partial charge in [0.1, 0.15) is 0 Å². The van der Waals surface area contributed by atoms with Crippen molar-refractivity contribution in [2.75, 3.05) is 0 Å². The van der Waals surface area contributed by atoms with Crippen LogP contribution in [0.1, 0.15) is 11.3 Å². The molecule has 2 nitrogen and oxygen atoms in total. The number of H-pyrrole nitrogens is 1. The van der Waals surface area contributed by atoms with Gasteiger partial charge in [-0.1, -0.05) is 5.92 Å². The summed E-state index contributed by atoms with van der Waals surface area (Å²) in [6.07, 6.45) is 1.72. The number of halogens is 1. The van der Waals surface area contributed by atoms with Crippen LogP contribution in [0.25, 0.3) is 0 Å². The lowest BCUT2D eigenvalue weighted by molar-refractivity contribution is 1.05. The molecule has 1 rings (SSSR count). The summed E-state index contributed by atoms with van der Waals surface area (Å²) in [7, 11) is 0. The predicted molar refractivity (Wildman–Crippen MR) is 44.2 cm³/mol. The molecule has 0 aliphatic heterocycles. The van der Waals surface area contributed by atoms with Crippen molar-refractivity contribution in [2.45, 2.75) is 6.92 Å². The van der Waals surface area contributed by atoms with Gasteiger partial charge in [0, 0.05) is 28.3 Å². The second kappa shape index (κ2) is 2.87. The molecular weight excluding hydrogens is 227 g/mol. The molecule has 1 aromatic heterocycles. The molecule has 0 saturated heterocycles. The van der Waals surface area contributed by atoms with Gasteiger partial charge in [0.2, 0.25) is 0 Å². The van der Waals surface area contributed by atoms with Crippen LogP contribution < -0.4 is 0 Å². The molecule has 1 aromatic rings. The van der Waals surface area contributed by atoms with Gasteiger partial charge in [0.25, 0.3) is 0 Å². The monoisotopic (exact) mass is 232 g/mol. The zero-order chi connectivity index (χ0) is 6.69. The lowest BCUT2D eigenvalue weighted by Crippen LogP contribution is -1.73. The molecule has 0 saturated carbocycles. The minimum absolute atomic E-state index is 0.976. The summed E-state index contributed by atoms with van der Waals surface area (Å²) in [4.78, 5) is 0. The van der Waals surface area contributed by atoms with Crippen molar-refractivity contribution in [3.63, 3.8) is 0 Å². The summed E-state index contributed by atoms with van der Waals surface area (Å²) in [6.45, 7) is 1.95. The number of aryl methyl sites for hydroxylation is 1. The summed E-state index contributed by atoms with van der Waals surface area (Å²) < 4.78 is 2.77. The van der Waals surface area contributed by atoms with E-state index in [2.05, 4.69) is 20.0 Å². The molecule has 0 fully saturated rings. The van der Waals surface area contributed by atoms with E-state index in [4.69, 9.17) is 0 Å². The smallest absolute Gasteiger partial charge is 0.0660 e. The Morgan fingerprint density at radius 2 is 2.56 bits per heavy atom. The largest absolute Gasteiger partial charge is 0.282 e. The van der Waals surface area contributed by atoms with Gasteiger partial charge in [-0.2, -0.15) is 5.10 Å². The number of nitrogens with one attached hydrogen (secondary N) is 1. The van der Waals surface area contributed by atoms with Gasteiger partial charge in [-0.15, -0.1) is 0 Å². The van der Waals surface area contributed by atoms with E-state index in [1.807, 2.05) is 29.5 Å². The standard InChI is InChI=1S/C6H5IN2/c1-5-6(2-3-7)4-8-9-5/h4H,1H3,(H,8,9). The van der Waals surface area contributed by atoms with Crippen molar-refractivity contribution in [1.29, 1.82) is 0 Å². The molecule has 9 heavy (non-hydrogen) atoms. The summed E-state index contributed by atoms with van der Waals surface area (Å²) in [6, 6.07) is 0.